The molecule has 0 aliphatic rings. The molecule has 4 aromatic carbocycles. The van der Waals surface area contributed by atoms with Crippen molar-refractivity contribution in [1.29, 1.82) is 0 Å². The summed E-state index contributed by atoms with van der Waals surface area (Å²) in [5.41, 5.74) is 10.3. The Bertz CT molecular complexity index is 2140. The fourth-order valence-electron chi connectivity index (χ4n) is 6.43. The zero-order valence-electron chi connectivity index (χ0n) is 26.4. The number of ether oxygens (including phenoxy) is 1. The van der Waals surface area contributed by atoms with Crippen LogP contribution < -0.4 is 4.74 Å². The molecule has 3 heterocycles. The first kappa shape index (κ1) is 28.6. The molecule has 5 nitrogen and oxygen atoms in total. The summed E-state index contributed by atoms with van der Waals surface area (Å²) in [5, 5.41) is 7.33. The number of rotatable bonds is 9. The molecular formula is C40H38N4O. The highest BCUT2D eigenvalue weighted by Crippen LogP contribution is 2.36. The summed E-state index contributed by atoms with van der Waals surface area (Å²) >= 11 is 0. The molecule has 0 bridgehead atoms. The first-order chi connectivity index (χ1) is 22.0. The summed E-state index contributed by atoms with van der Waals surface area (Å²) in [6, 6.07) is 36.1. The van der Waals surface area contributed by atoms with E-state index in [2.05, 4.69) is 117 Å². The van der Waals surface area contributed by atoms with Crippen LogP contribution in [0.25, 0.3) is 44.4 Å². The fraction of sp³-hybridized carbons (Fsp3) is 0.200. The van der Waals surface area contributed by atoms with Crippen LogP contribution in [0.15, 0.2) is 109 Å². The molecule has 0 spiro atoms. The van der Waals surface area contributed by atoms with Crippen molar-refractivity contribution in [2.45, 2.75) is 53.4 Å². The molecule has 224 valence electrons. The van der Waals surface area contributed by atoms with Gasteiger partial charge in [-0.2, -0.15) is 5.10 Å². The van der Waals surface area contributed by atoms with E-state index in [-0.39, 0.29) is 0 Å². The minimum atomic E-state index is 0.760. The lowest BCUT2D eigenvalue weighted by molar-refractivity contribution is 0.482. The van der Waals surface area contributed by atoms with E-state index in [1.807, 2.05) is 29.1 Å². The predicted molar refractivity (Wildman–Crippen MR) is 185 cm³/mol. The van der Waals surface area contributed by atoms with Gasteiger partial charge in [-0.3, -0.25) is 4.57 Å². The molecule has 0 atom stereocenters. The quantitative estimate of drug-likeness (QED) is 0.168. The van der Waals surface area contributed by atoms with Crippen molar-refractivity contribution in [3.63, 3.8) is 0 Å². The second-order valence-corrected chi connectivity index (χ2v) is 11.8. The van der Waals surface area contributed by atoms with Crippen molar-refractivity contribution in [2.24, 2.45) is 0 Å². The third-order valence-corrected chi connectivity index (χ3v) is 8.72. The summed E-state index contributed by atoms with van der Waals surface area (Å²) in [6.45, 7) is 8.63. The van der Waals surface area contributed by atoms with Gasteiger partial charge in [0.1, 0.15) is 17.3 Å². The number of hydrogen-bond acceptors (Lipinski definition) is 3. The molecule has 0 radical (unpaired) electrons. The number of unbranched alkanes of at least 4 members (excludes halogenated alkanes) is 1. The predicted octanol–water partition coefficient (Wildman–Crippen LogP) is 10.3. The highest BCUT2D eigenvalue weighted by atomic mass is 16.5. The van der Waals surface area contributed by atoms with Crippen molar-refractivity contribution < 1.29 is 4.74 Å². The van der Waals surface area contributed by atoms with E-state index in [1.165, 1.54) is 45.9 Å². The van der Waals surface area contributed by atoms with E-state index in [1.54, 1.807) is 0 Å². The summed E-state index contributed by atoms with van der Waals surface area (Å²) in [4.78, 5) is 4.84. The Hall–Kier alpha value is -5.16. The van der Waals surface area contributed by atoms with E-state index < -0.39 is 0 Å². The molecule has 7 rings (SSSR count). The van der Waals surface area contributed by atoms with Crippen LogP contribution in [-0.2, 0) is 12.8 Å². The Morgan fingerprint density at radius 3 is 2.38 bits per heavy atom. The van der Waals surface area contributed by atoms with Gasteiger partial charge in [0.25, 0.3) is 0 Å². The molecule has 0 aliphatic heterocycles. The van der Waals surface area contributed by atoms with Crippen LogP contribution >= 0.6 is 0 Å². The molecule has 0 saturated heterocycles. The van der Waals surface area contributed by atoms with Gasteiger partial charge in [-0.1, -0.05) is 62.7 Å². The fourth-order valence-corrected chi connectivity index (χ4v) is 6.43. The number of hydrogen-bond donors (Lipinski definition) is 0. The summed E-state index contributed by atoms with van der Waals surface area (Å²) in [7, 11) is 0. The second kappa shape index (κ2) is 12.1. The zero-order chi connectivity index (χ0) is 30.9. The number of benzene rings is 4. The van der Waals surface area contributed by atoms with Crippen LogP contribution in [-0.4, -0.2) is 19.3 Å². The van der Waals surface area contributed by atoms with E-state index in [0.29, 0.717) is 0 Å². The summed E-state index contributed by atoms with van der Waals surface area (Å²) in [6.07, 6.45) is 6.32. The third kappa shape index (κ3) is 5.40. The first-order valence-corrected chi connectivity index (χ1v) is 16.0. The Morgan fingerprint density at radius 2 is 1.56 bits per heavy atom. The molecule has 0 aliphatic carbocycles. The van der Waals surface area contributed by atoms with E-state index >= 15 is 0 Å². The van der Waals surface area contributed by atoms with Crippen LogP contribution in [0.2, 0.25) is 0 Å². The molecule has 45 heavy (non-hydrogen) atoms. The van der Waals surface area contributed by atoms with Crippen molar-refractivity contribution in [1.82, 2.24) is 19.3 Å². The number of aryl methyl sites for hydroxylation is 3. The van der Waals surface area contributed by atoms with Crippen LogP contribution in [0, 0.1) is 13.8 Å². The highest BCUT2D eigenvalue weighted by molar-refractivity contribution is 6.09. The lowest BCUT2D eigenvalue weighted by Crippen LogP contribution is -2.00. The molecule has 0 saturated carbocycles. The lowest BCUT2D eigenvalue weighted by atomic mass is 10.0. The lowest BCUT2D eigenvalue weighted by Gasteiger charge is -2.11. The average Bonchev–Trinajstić information content (AvgIpc) is 3.56. The van der Waals surface area contributed by atoms with E-state index in [9.17, 15) is 0 Å². The molecule has 0 amide bonds. The molecule has 3 aromatic heterocycles. The smallest absolute Gasteiger partial charge is 0.137 e. The van der Waals surface area contributed by atoms with Gasteiger partial charge >= 0.3 is 0 Å². The average molecular weight is 591 g/mol. The van der Waals surface area contributed by atoms with Crippen LogP contribution in [0.4, 0.5) is 0 Å². The van der Waals surface area contributed by atoms with Crippen LogP contribution in [0.3, 0.4) is 0 Å². The Kier molecular flexibility index (Phi) is 7.68. The maximum Gasteiger partial charge on any atom is 0.137 e. The minimum absolute atomic E-state index is 0.760. The Labute approximate surface area is 264 Å². The highest BCUT2D eigenvalue weighted by Gasteiger charge is 2.17. The molecular weight excluding hydrogens is 552 g/mol. The number of aromatic nitrogens is 4. The molecule has 0 N–H and O–H groups in total. The number of fused-ring (bicyclic) bond motifs is 3. The number of pyridine rings is 1. The molecule has 0 fully saturated rings. The van der Waals surface area contributed by atoms with Gasteiger partial charge < -0.3 is 4.74 Å². The Balaban J connectivity index is 1.29. The van der Waals surface area contributed by atoms with E-state index in [4.69, 9.17) is 14.8 Å². The maximum absolute atomic E-state index is 6.54. The van der Waals surface area contributed by atoms with Gasteiger partial charge in [-0.15, -0.1) is 0 Å². The molecule has 5 heteroatoms. The zero-order valence-corrected chi connectivity index (χ0v) is 26.4. The van der Waals surface area contributed by atoms with Gasteiger partial charge in [0.2, 0.25) is 0 Å². The molecule has 7 aromatic rings. The van der Waals surface area contributed by atoms with Gasteiger partial charge in [0, 0.05) is 40.4 Å². The van der Waals surface area contributed by atoms with E-state index in [0.717, 1.165) is 58.3 Å². The third-order valence-electron chi connectivity index (χ3n) is 8.72. The van der Waals surface area contributed by atoms with Crippen LogP contribution in [0.1, 0.15) is 49.2 Å². The van der Waals surface area contributed by atoms with Crippen molar-refractivity contribution >= 4 is 21.8 Å². The van der Waals surface area contributed by atoms with Crippen molar-refractivity contribution in [3.05, 3.63) is 132 Å². The maximum atomic E-state index is 6.54. The molecule has 0 unspecified atom stereocenters. The van der Waals surface area contributed by atoms with Gasteiger partial charge in [-0.05, 0) is 98.3 Å². The monoisotopic (exact) mass is 590 g/mol. The van der Waals surface area contributed by atoms with Gasteiger partial charge in [0.05, 0.1) is 22.4 Å². The Morgan fingerprint density at radius 1 is 0.711 bits per heavy atom. The first-order valence-electron chi connectivity index (χ1n) is 16.0. The minimum Gasteiger partial charge on any atom is -0.457 e. The summed E-state index contributed by atoms with van der Waals surface area (Å²) < 4.78 is 10.8. The SMILES string of the molecule is CCCCc1ccnc(-n2c3ccc(CC)cc3c3ccc(Oc4cccc(-n5nc(C)c(-c6ccccc6)c5C)c4)cc32)c1. The summed E-state index contributed by atoms with van der Waals surface area (Å²) in [5.74, 6) is 2.47. The normalized spacial score (nSPS) is 11.5. The standard InChI is InChI=1S/C40H38N4O/c1-5-7-12-30-21-22-41-39(24-30)43-37-20-17-29(6-2)23-36(37)35-19-18-34(26-38(35)43)45-33-16-11-15-32(25-33)44-28(4)40(27(3)42-44)31-13-9-8-10-14-31/h8-11,13-26H,5-7,12H2,1-4H3. The van der Waals surface area contributed by atoms with Crippen molar-refractivity contribution in [3.8, 4) is 34.1 Å². The number of nitrogens with zero attached hydrogens (tertiary/aromatic N) is 4. The van der Waals surface area contributed by atoms with Gasteiger partial charge in [-0.25, -0.2) is 9.67 Å². The topological polar surface area (TPSA) is 44.9 Å². The van der Waals surface area contributed by atoms with Crippen LogP contribution in [0.5, 0.6) is 11.5 Å². The second-order valence-electron chi connectivity index (χ2n) is 11.8. The largest absolute Gasteiger partial charge is 0.457 e. The van der Waals surface area contributed by atoms with Crippen molar-refractivity contribution in [2.75, 3.05) is 0 Å². The van der Waals surface area contributed by atoms with Gasteiger partial charge in [0.15, 0.2) is 0 Å².